The van der Waals surface area contributed by atoms with Gasteiger partial charge in [-0.2, -0.15) is 5.10 Å². The van der Waals surface area contributed by atoms with E-state index in [0.29, 0.717) is 6.29 Å². The minimum Gasteiger partial charge on any atom is -0.412 e. The second-order valence-electron chi connectivity index (χ2n) is 0.989. The van der Waals surface area contributed by atoms with Crippen LogP contribution in [0.5, 0.6) is 0 Å². The van der Waals surface area contributed by atoms with Gasteiger partial charge < -0.3 is 11.0 Å². The number of aromatic amines is 1. The van der Waals surface area contributed by atoms with E-state index in [1.807, 2.05) is 0 Å². The molecule has 0 saturated carbocycles. The summed E-state index contributed by atoms with van der Waals surface area (Å²) in [4.78, 5) is 13.2. The molecule has 0 radical (unpaired) electrons. The Hall–Kier alpha value is -0.980. The number of aldehydes is 1. The Kier molecular flexibility index (Phi) is 12.8. The first-order valence-corrected chi connectivity index (χ1v) is 1.74. The molecule has 0 aliphatic rings. The molecule has 1 rings (SSSR count). The highest BCUT2D eigenvalue weighted by molar-refractivity contribution is 5.85. The fourth-order valence-corrected chi connectivity index (χ4v) is 0.272. The van der Waals surface area contributed by atoms with Crippen LogP contribution in [0.4, 0.5) is 0 Å². The Morgan fingerprint density at radius 3 is 2.30 bits per heavy atom. The summed E-state index contributed by atoms with van der Waals surface area (Å²) in [6.07, 6.45) is 1.89. The molecule has 0 amide bonds. The average molecular weight is 170 g/mol. The van der Waals surface area contributed by atoms with E-state index in [-0.39, 0.29) is 29.2 Å². The molecular formula is C3H8ClN3O3. The summed E-state index contributed by atoms with van der Waals surface area (Å²) in [5, 5.41) is 5.78. The van der Waals surface area contributed by atoms with Gasteiger partial charge in [-0.25, -0.2) is 4.98 Å². The Balaban J connectivity index is -0.000000163. The van der Waals surface area contributed by atoms with E-state index >= 15 is 0 Å². The van der Waals surface area contributed by atoms with Gasteiger partial charge in [0.15, 0.2) is 12.1 Å². The molecule has 6 nitrogen and oxygen atoms in total. The maximum absolute atomic E-state index is 9.73. The molecule has 1 aromatic heterocycles. The number of nitrogens with one attached hydrogen (secondary N) is 1. The molecule has 0 bridgehead atoms. The first kappa shape index (κ1) is 16.0. The lowest BCUT2D eigenvalue weighted by molar-refractivity contribution is 0.111. The summed E-state index contributed by atoms with van der Waals surface area (Å²) < 4.78 is 0. The lowest BCUT2D eigenvalue weighted by atomic mass is 10.7. The summed E-state index contributed by atoms with van der Waals surface area (Å²) in [6.45, 7) is 0. The summed E-state index contributed by atoms with van der Waals surface area (Å²) >= 11 is 0. The molecule has 7 heteroatoms. The number of hydrogen-bond acceptors (Lipinski definition) is 3. The smallest absolute Gasteiger partial charge is 0.188 e. The van der Waals surface area contributed by atoms with Crippen LogP contribution in [-0.2, 0) is 0 Å². The first-order valence-electron chi connectivity index (χ1n) is 1.74. The van der Waals surface area contributed by atoms with Crippen LogP contribution in [0.2, 0.25) is 0 Å². The van der Waals surface area contributed by atoms with Crippen molar-refractivity contribution in [1.82, 2.24) is 15.2 Å². The minimum absolute atomic E-state index is 0. The predicted molar refractivity (Wildman–Crippen MR) is 36.2 cm³/mol. The second-order valence-corrected chi connectivity index (χ2v) is 0.989. The Morgan fingerprint density at radius 2 is 2.10 bits per heavy atom. The molecule has 10 heavy (non-hydrogen) atoms. The van der Waals surface area contributed by atoms with Crippen LogP contribution in [0.25, 0.3) is 0 Å². The summed E-state index contributed by atoms with van der Waals surface area (Å²) in [7, 11) is 0. The van der Waals surface area contributed by atoms with Crippen molar-refractivity contribution >= 4 is 18.7 Å². The number of halogens is 1. The topological polar surface area (TPSA) is 122 Å². The largest absolute Gasteiger partial charge is 0.412 e. The van der Waals surface area contributed by atoms with Gasteiger partial charge in [-0.1, -0.05) is 0 Å². The van der Waals surface area contributed by atoms with Crippen LogP contribution < -0.4 is 0 Å². The molecular weight excluding hydrogens is 162 g/mol. The van der Waals surface area contributed by atoms with Crippen LogP contribution in [0.15, 0.2) is 6.33 Å². The molecule has 0 aliphatic heterocycles. The van der Waals surface area contributed by atoms with Crippen LogP contribution in [0.3, 0.4) is 0 Å². The van der Waals surface area contributed by atoms with Crippen LogP contribution >= 0.6 is 12.4 Å². The molecule has 0 unspecified atom stereocenters. The summed E-state index contributed by atoms with van der Waals surface area (Å²) in [6, 6.07) is 0. The van der Waals surface area contributed by atoms with E-state index < -0.39 is 0 Å². The third-order valence-electron chi connectivity index (χ3n) is 0.545. The summed E-state index contributed by atoms with van der Waals surface area (Å²) in [5.74, 6) is 0.264. The maximum Gasteiger partial charge on any atom is 0.188 e. The molecule has 1 heterocycles. The third kappa shape index (κ3) is 3.96. The quantitative estimate of drug-likeness (QED) is 0.509. The molecule has 0 aliphatic carbocycles. The van der Waals surface area contributed by atoms with Gasteiger partial charge in [-0.15, -0.1) is 12.4 Å². The minimum atomic E-state index is 0. The van der Waals surface area contributed by atoms with E-state index in [2.05, 4.69) is 15.2 Å². The van der Waals surface area contributed by atoms with Crippen molar-refractivity contribution in [2.45, 2.75) is 0 Å². The van der Waals surface area contributed by atoms with Crippen molar-refractivity contribution in [3.63, 3.8) is 0 Å². The van der Waals surface area contributed by atoms with E-state index in [1.165, 1.54) is 6.33 Å². The number of hydrogen-bond donors (Lipinski definition) is 1. The SMILES string of the molecule is Cl.O.O.O=Cc1ncn[nH]1. The zero-order valence-electron chi connectivity index (χ0n) is 4.87. The van der Waals surface area contributed by atoms with Crippen molar-refractivity contribution < 1.29 is 15.7 Å². The maximum atomic E-state index is 9.73. The monoisotopic (exact) mass is 169 g/mol. The zero-order chi connectivity index (χ0) is 5.11. The Labute approximate surface area is 62.7 Å². The molecule has 0 saturated heterocycles. The fourth-order valence-electron chi connectivity index (χ4n) is 0.272. The van der Waals surface area contributed by atoms with Gasteiger partial charge in [0.25, 0.3) is 0 Å². The van der Waals surface area contributed by atoms with E-state index in [0.717, 1.165) is 0 Å². The standard InChI is InChI=1S/C3H3N3O.ClH.2H2O/c7-1-3-4-2-5-6-3;;;/h1-2H,(H,4,5,6);1H;2*1H2. The highest BCUT2D eigenvalue weighted by Crippen LogP contribution is 1.72. The Bertz CT molecular complexity index is 154. The second kappa shape index (κ2) is 8.02. The number of carbonyl (C=O) groups excluding carboxylic acids is 1. The van der Waals surface area contributed by atoms with Crippen LogP contribution in [0, 0.1) is 0 Å². The number of carbonyl (C=O) groups is 1. The molecule has 0 spiro atoms. The van der Waals surface area contributed by atoms with Crippen molar-refractivity contribution in [3.8, 4) is 0 Å². The van der Waals surface area contributed by atoms with Crippen molar-refractivity contribution in [2.75, 3.05) is 0 Å². The fraction of sp³-hybridized carbons (Fsp3) is 0. The highest BCUT2D eigenvalue weighted by Gasteiger charge is 1.84. The molecule has 0 atom stereocenters. The summed E-state index contributed by atoms with van der Waals surface area (Å²) in [5.41, 5.74) is 0. The Morgan fingerprint density at radius 1 is 1.50 bits per heavy atom. The van der Waals surface area contributed by atoms with E-state index in [9.17, 15) is 4.79 Å². The van der Waals surface area contributed by atoms with Gasteiger partial charge in [-0.3, -0.25) is 9.89 Å². The van der Waals surface area contributed by atoms with Gasteiger partial charge in [0.2, 0.25) is 0 Å². The van der Waals surface area contributed by atoms with Gasteiger partial charge >= 0.3 is 0 Å². The lowest BCUT2D eigenvalue weighted by Crippen LogP contribution is -1.79. The first-order chi connectivity index (χ1) is 3.43. The van der Waals surface area contributed by atoms with Gasteiger partial charge in [0, 0.05) is 0 Å². The van der Waals surface area contributed by atoms with Gasteiger partial charge in [0.1, 0.15) is 6.33 Å². The molecule has 1 aromatic rings. The van der Waals surface area contributed by atoms with Crippen LogP contribution in [0.1, 0.15) is 10.6 Å². The normalized spacial score (nSPS) is 6.00. The van der Waals surface area contributed by atoms with Gasteiger partial charge in [-0.05, 0) is 0 Å². The predicted octanol–water partition coefficient (Wildman–Crippen LogP) is -1.61. The number of H-pyrrole nitrogens is 1. The third-order valence-corrected chi connectivity index (χ3v) is 0.545. The number of nitrogens with zero attached hydrogens (tertiary/aromatic N) is 2. The zero-order valence-corrected chi connectivity index (χ0v) is 5.68. The van der Waals surface area contributed by atoms with E-state index in [4.69, 9.17) is 0 Å². The molecule has 0 fully saturated rings. The highest BCUT2D eigenvalue weighted by atomic mass is 35.5. The van der Waals surface area contributed by atoms with Crippen LogP contribution in [-0.4, -0.2) is 32.4 Å². The van der Waals surface area contributed by atoms with E-state index in [1.54, 1.807) is 0 Å². The van der Waals surface area contributed by atoms with Crippen molar-refractivity contribution in [3.05, 3.63) is 12.2 Å². The molecule has 60 valence electrons. The molecule has 5 N–H and O–H groups in total. The number of aromatic nitrogens is 3. The number of rotatable bonds is 1. The molecule has 0 aromatic carbocycles. The lowest BCUT2D eigenvalue weighted by Gasteiger charge is -1.66. The van der Waals surface area contributed by atoms with Crippen molar-refractivity contribution in [2.24, 2.45) is 0 Å². The van der Waals surface area contributed by atoms with Gasteiger partial charge in [0.05, 0.1) is 0 Å². The van der Waals surface area contributed by atoms with Crippen molar-refractivity contribution in [1.29, 1.82) is 0 Å². The average Bonchev–Trinajstić information content (AvgIpc) is 2.14.